The molecule has 0 fully saturated rings. The number of esters is 1. The maximum atomic E-state index is 13.0. The lowest BCUT2D eigenvalue weighted by atomic mass is 10.1. The zero-order valence-corrected chi connectivity index (χ0v) is 17.9. The third-order valence-corrected chi connectivity index (χ3v) is 4.97. The topological polar surface area (TPSA) is 108 Å². The SMILES string of the molecule is COc1ccccc1C(=O)OC(C(=O)Nc1ccc([N+](=O)[O-])cc1Br)c1ccccc1. The minimum Gasteiger partial charge on any atom is -0.496 e. The van der Waals surface area contributed by atoms with Crippen molar-refractivity contribution in [2.24, 2.45) is 0 Å². The van der Waals surface area contributed by atoms with Crippen LogP contribution in [0.15, 0.2) is 77.3 Å². The molecule has 0 saturated heterocycles. The Hall–Kier alpha value is -3.72. The summed E-state index contributed by atoms with van der Waals surface area (Å²) >= 11 is 3.21. The van der Waals surface area contributed by atoms with Gasteiger partial charge < -0.3 is 14.8 Å². The van der Waals surface area contributed by atoms with Crippen molar-refractivity contribution in [2.45, 2.75) is 6.10 Å². The minimum absolute atomic E-state index is 0.132. The van der Waals surface area contributed by atoms with E-state index in [0.717, 1.165) is 0 Å². The largest absolute Gasteiger partial charge is 0.496 e. The molecule has 0 saturated carbocycles. The second-order valence-corrected chi connectivity index (χ2v) is 7.16. The molecule has 0 spiro atoms. The number of ether oxygens (including phenoxy) is 2. The predicted octanol–water partition coefficient (Wildman–Crippen LogP) is 4.90. The summed E-state index contributed by atoms with van der Waals surface area (Å²) in [6.45, 7) is 0. The highest BCUT2D eigenvalue weighted by Gasteiger charge is 2.27. The van der Waals surface area contributed by atoms with Gasteiger partial charge in [0.05, 0.1) is 17.7 Å². The number of nitro groups is 1. The van der Waals surface area contributed by atoms with Crippen molar-refractivity contribution in [1.29, 1.82) is 0 Å². The average Bonchev–Trinajstić information content (AvgIpc) is 2.78. The summed E-state index contributed by atoms with van der Waals surface area (Å²) in [6, 6.07) is 19.0. The zero-order valence-electron chi connectivity index (χ0n) is 16.3. The quantitative estimate of drug-likeness (QED) is 0.290. The van der Waals surface area contributed by atoms with Gasteiger partial charge in [-0.15, -0.1) is 0 Å². The van der Waals surface area contributed by atoms with Gasteiger partial charge in [-0.05, 0) is 34.1 Å². The fourth-order valence-electron chi connectivity index (χ4n) is 2.80. The second kappa shape index (κ2) is 9.86. The Morgan fingerprint density at radius 1 is 1.03 bits per heavy atom. The van der Waals surface area contributed by atoms with Gasteiger partial charge in [0.1, 0.15) is 11.3 Å². The van der Waals surface area contributed by atoms with Crippen molar-refractivity contribution in [1.82, 2.24) is 0 Å². The standard InChI is InChI=1S/C22H17BrN2O6/c1-30-19-10-6-5-9-16(19)22(27)31-20(14-7-3-2-4-8-14)21(26)24-18-12-11-15(25(28)29)13-17(18)23/h2-13,20H,1H3,(H,24,26). The number of nitrogens with one attached hydrogen (secondary N) is 1. The molecule has 8 nitrogen and oxygen atoms in total. The Morgan fingerprint density at radius 2 is 1.71 bits per heavy atom. The van der Waals surface area contributed by atoms with Crippen LogP contribution in [0.1, 0.15) is 22.0 Å². The first-order valence-corrected chi connectivity index (χ1v) is 9.83. The van der Waals surface area contributed by atoms with Crippen LogP contribution >= 0.6 is 15.9 Å². The molecule has 0 aliphatic carbocycles. The van der Waals surface area contributed by atoms with Gasteiger partial charge in [-0.3, -0.25) is 14.9 Å². The van der Waals surface area contributed by atoms with Gasteiger partial charge in [-0.25, -0.2) is 4.79 Å². The molecule has 3 aromatic carbocycles. The number of carbonyl (C=O) groups is 2. The van der Waals surface area contributed by atoms with E-state index in [4.69, 9.17) is 9.47 Å². The van der Waals surface area contributed by atoms with E-state index in [9.17, 15) is 19.7 Å². The first-order chi connectivity index (χ1) is 14.9. The number of non-ortho nitro benzene ring substituents is 1. The molecular weight excluding hydrogens is 468 g/mol. The van der Waals surface area contributed by atoms with Gasteiger partial charge in [0.25, 0.3) is 11.6 Å². The number of para-hydroxylation sites is 1. The van der Waals surface area contributed by atoms with Crippen LogP contribution in [0.4, 0.5) is 11.4 Å². The van der Waals surface area contributed by atoms with Crippen LogP contribution in [0, 0.1) is 10.1 Å². The van der Waals surface area contributed by atoms with Crippen molar-refractivity contribution in [3.63, 3.8) is 0 Å². The fraction of sp³-hybridized carbons (Fsp3) is 0.0909. The van der Waals surface area contributed by atoms with E-state index in [1.54, 1.807) is 48.5 Å². The lowest BCUT2D eigenvalue weighted by Gasteiger charge is -2.19. The van der Waals surface area contributed by atoms with E-state index in [0.29, 0.717) is 21.5 Å². The van der Waals surface area contributed by atoms with E-state index in [2.05, 4.69) is 21.2 Å². The zero-order chi connectivity index (χ0) is 22.4. The van der Waals surface area contributed by atoms with Crippen molar-refractivity contribution in [2.75, 3.05) is 12.4 Å². The summed E-state index contributed by atoms with van der Waals surface area (Å²) in [5.74, 6) is -1.04. The number of rotatable bonds is 7. The van der Waals surface area contributed by atoms with Gasteiger partial charge in [-0.2, -0.15) is 0 Å². The number of amides is 1. The summed E-state index contributed by atoms with van der Waals surface area (Å²) < 4.78 is 11.1. The van der Waals surface area contributed by atoms with Crippen LogP contribution in [0.3, 0.4) is 0 Å². The number of nitrogens with zero attached hydrogens (tertiary/aromatic N) is 1. The molecular formula is C22H17BrN2O6. The van der Waals surface area contributed by atoms with E-state index in [1.807, 2.05) is 0 Å². The number of benzene rings is 3. The Morgan fingerprint density at radius 3 is 2.35 bits per heavy atom. The smallest absolute Gasteiger partial charge is 0.343 e. The summed E-state index contributed by atoms with van der Waals surface area (Å²) in [7, 11) is 1.43. The van der Waals surface area contributed by atoms with Crippen LogP contribution < -0.4 is 10.1 Å². The fourth-order valence-corrected chi connectivity index (χ4v) is 3.27. The molecule has 3 rings (SSSR count). The first kappa shape index (κ1) is 22.0. The highest BCUT2D eigenvalue weighted by Crippen LogP contribution is 2.29. The first-order valence-electron chi connectivity index (χ1n) is 9.04. The molecule has 3 aromatic rings. The van der Waals surface area contributed by atoms with Gasteiger partial charge in [-0.1, -0.05) is 42.5 Å². The van der Waals surface area contributed by atoms with E-state index < -0.39 is 22.9 Å². The second-order valence-electron chi connectivity index (χ2n) is 6.31. The molecule has 0 radical (unpaired) electrons. The van der Waals surface area contributed by atoms with E-state index in [-0.39, 0.29) is 11.3 Å². The van der Waals surface area contributed by atoms with Crippen LogP contribution in [0.5, 0.6) is 5.75 Å². The van der Waals surface area contributed by atoms with E-state index in [1.165, 1.54) is 31.4 Å². The normalized spacial score (nSPS) is 11.3. The molecule has 0 bridgehead atoms. The van der Waals surface area contributed by atoms with Crippen molar-refractivity contribution >= 4 is 39.2 Å². The molecule has 158 valence electrons. The number of carbonyl (C=O) groups excluding carboxylic acids is 2. The number of halogens is 1. The molecule has 1 atom stereocenters. The Kier molecular flexibility index (Phi) is 6.99. The van der Waals surface area contributed by atoms with Crippen LogP contribution in [0.2, 0.25) is 0 Å². The molecule has 9 heteroatoms. The molecule has 0 heterocycles. The Balaban J connectivity index is 1.88. The molecule has 1 unspecified atom stereocenters. The molecule has 0 aliphatic heterocycles. The number of hydrogen-bond acceptors (Lipinski definition) is 6. The van der Waals surface area contributed by atoms with Gasteiger partial charge in [0.15, 0.2) is 0 Å². The Bertz CT molecular complexity index is 1120. The molecule has 0 aliphatic rings. The van der Waals surface area contributed by atoms with Gasteiger partial charge in [0.2, 0.25) is 6.10 Å². The highest BCUT2D eigenvalue weighted by atomic mass is 79.9. The van der Waals surface area contributed by atoms with Crippen LogP contribution in [-0.2, 0) is 9.53 Å². The third-order valence-electron chi connectivity index (χ3n) is 4.31. The third kappa shape index (κ3) is 5.26. The van der Waals surface area contributed by atoms with Crippen LogP contribution in [0.25, 0.3) is 0 Å². The van der Waals surface area contributed by atoms with Crippen molar-refractivity contribution in [3.8, 4) is 5.75 Å². The van der Waals surface area contributed by atoms with E-state index >= 15 is 0 Å². The number of nitro benzene ring substituents is 1. The summed E-state index contributed by atoms with van der Waals surface area (Å²) in [5.41, 5.74) is 0.800. The molecule has 1 N–H and O–H groups in total. The predicted molar refractivity (Wildman–Crippen MR) is 117 cm³/mol. The number of hydrogen-bond donors (Lipinski definition) is 1. The van der Waals surface area contributed by atoms with Crippen LogP contribution in [-0.4, -0.2) is 23.9 Å². The van der Waals surface area contributed by atoms with Gasteiger partial charge >= 0.3 is 5.97 Å². The lowest BCUT2D eigenvalue weighted by molar-refractivity contribution is -0.384. The van der Waals surface area contributed by atoms with Gasteiger partial charge in [0, 0.05) is 22.2 Å². The molecule has 0 aromatic heterocycles. The summed E-state index contributed by atoms with van der Waals surface area (Å²) in [6.07, 6.45) is -1.26. The summed E-state index contributed by atoms with van der Waals surface area (Å²) in [4.78, 5) is 36.2. The maximum absolute atomic E-state index is 13.0. The highest BCUT2D eigenvalue weighted by molar-refractivity contribution is 9.10. The number of anilines is 1. The maximum Gasteiger partial charge on any atom is 0.343 e. The lowest BCUT2D eigenvalue weighted by Crippen LogP contribution is -2.26. The summed E-state index contributed by atoms with van der Waals surface area (Å²) in [5, 5.41) is 13.6. The molecule has 1 amide bonds. The minimum atomic E-state index is -1.26. The monoisotopic (exact) mass is 484 g/mol. The number of methoxy groups -OCH3 is 1. The Labute approximate surface area is 186 Å². The van der Waals surface area contributed by atoms with Crippen molar-refractivity contribution < 1.29 is 24.0 Å². The molecule has 31 heavy (non-hydrogen) atoms. The average molecular weight is 485 g/mol. The van der Waals surface area contributed by atoms with Crippen molar-refractivity contribution in [3.05, 3.63) is 98.5 Å².